The normalized spacial score (nSPS) is 12.0. The Bertz CT molecular complexity index is 705. The summed E-state index contributed by atoms with van der Waals surface area (Å²) in [4.78, 5) is 10.6. The molecule has 4 nitrogen and oxygen atoms in total. The predicted octanol–water partition coefficient (Wildman–Crippen LogP) is 4.58. The second-order valence-corrected chi connectivity index (χ2v) is 9.30. The Morgan fingerprint density at radius 3 is 2.04 bits per heavy atom. The highest BCUT2D eigenvalue weighted by Gasteiger charge is 2.14. The molecule has 0 aliphatic carbocycles. The van der Waals surface area contributed by atoms with Gasteiger partial charge in [-0.3, -0.25) is 4.79 Å². The summed E-state index contributed by atoms with van der Waals surface area (Å²) >= 11 is 8.54. The molecule has 0 heterocycles. The van der Waals surface area contributed by atoms with Gasteiger partial charge >= 0.3 is 0 Å². The molecule has 2 rings (SSSR count). The van der Waals surface area contributed by atoms with Gasteiger partial charge in [0.05, 0.1) is 20.3 Å². The van der Waals surface area contributed by atoms with Gasteiger partial charge in [0.2, 0.25) is 6.29 Å². The summed E-state index contributed by atoms with van der Waals surface area (Å²) < 4.78 is 9.33. The van der Waals surface area contributed by atoms with Crippen LogP contribution in [-0.2, 0) is 11.2 Å². The van der Waals surface area contributed by atoms with E-state index in [1.807, 2.05) is 12.1 Å². The Kier molecular flexibility index (Phi) is 7.62. The van der Waals surface area contributed by atoms with Gasteiger partial charge < -0.3 is 15.6 Å². The van der Waals surface area contributed by atoms with Gasteiger partial charge in [-0.1, -0.05) is 0 Å². The van der Waals surface area contributed by atoms with Gasteiger partial charge in [0.25, 0.3) is 0 Å². The van der Waals surface area contributed by atoms with Crippen molar-refractivity contribution in [2.24, 2.45) is 5.73 Å². The van der Waals surface area contributed by atoms with Crippen LogP contribution in [0.5, 0.6) is 17.2 Å². The maximum atomic E-state index is 10.6. The van der Waals surface area contributed by atoms with Crippen molar-refractivity contribution in [3.05, 3.63) is 44.1 Å². The molecule has 1 atom stereocenters. The number of phenols is 1. The van der Waals surface area contributed by atoms with Crippen LogP contribution in [0, 0.1) is 14.3 Å². The Labute approximate surface area is 188 Å². The predicted molar refractivity (Wildman–Crippen MR) is 123 cm³/mol. The first-order valence-electron chi connectivity index (χ1n) is 6.29. The van der Waals surface area contributed by atoms with Gasteiger partial charge in [-0.25, -0.2) is 0 Å². The van der Waals surface area contributed by atoms with E-state index in [1.54, 1.807) is 18.4 Å². The molecule has 2 aromatic carbocycles. The molecule has 0 amide bonds. The van der Waals surface area contributed by atoms with Crippen LogP contribution in [0.1, 0.15) is 5.56 Å². The molecule has 0 saturated carbocycles. The third-order valence-electron chi connectivity index (χ3n) is 2.88. The average Bonchev–Trinajstić information content (AvgIpc) is 2.48. The van der Waals surface area contributed by atoms with Gasteiger partial charge in [0.1, 0.15) is 11.5 Å². The highest BCUT2D eigenvalue weighted by atomic mass is 127. The first-order chi connectivity index (χ1) is 10.8. The van der Waals surface area contributed by atoms with Crippen molar-refractivity contribution in [1.29, 1.82) is 0 Å². The first kappa shape index (κ1) is 19.9. The summed E-state index contributed by atoms with van der Waals surface area (Å²) in [6, 6.07) is 6.86. The van der Waals surface area contributed by atoms with Crippen LogP contribution in [0.15, 0.2) is 24.3 Å². The third-order valence-corrected chi connectivity index (χ3v) is 6.12. The number of nitrogens with two attached hydrogens (primary N) is 1. The lowest BCUT2D eigenvalue weighted by molar-refractivity contribution is 0.455. The quantitative estimate of drug-likeness (QED) is 0.439. The maximum Gasteiger partial charge on any atom is 0.217 e. The lowest BCUT2D eigenvalue weighted by atomic mass is 10.1. The molecule has 0 bridgehead atoms. The van der Waals surface area contributed by atoms with Crippen molar-refractivity contribution in [1.82, 2.24) is 0 Å². The zero-order valence-electron chi connectivity index (χ0n) is 11.4. The molecular weight excluding hydrogens is 750 g/mol. The van der Waals surface area contributed by atoms with Gasteiger partial charge in [0.15, 0.2) is 5.75 Å². The SMILES string of the molecule is N[C@H]([C]=O)Cc1cc(I)c(Oc2cc(I)c(O)c(I)c2)c(I)c1. The number of ether oxygens (including phenoxy) is 1. The number of benzene rings is 2. The first-order valence-corrected chi connectivity index (χ1v) is 10.6. The van der Waals surface area contributed by atoms with Crippen molar-refractivity contribution in [2.45, 2.75) is 12.5 Å². The topological polar surface area (TPSA) is 72.6 Å². The van der Waals surface area contributed by atoms with Crippen LogP contribution in [-0.4, -0.2) is 17.4 Å². The third kappa shape index (κ3) is 5.28. The average molecular weight is 760 g/mol. The molecule has 0 spiro atoms. The van der Waals surface area contributed by atoms with Crippen molar-refractivity contribution < 1.29 is 14.6 Å². The Hall–Kier alpha value is 0.590. The molecule has 0 saturated heterocycles. The Morgan fingerprint density at radius 2 is 1.57 bits per heavy atom. The molecule has 0 fully saturated rings. The second-order valence-electron chi connectivity index (χ2n) is 4.65. The summed E-state index contributed by atoms with van der Waals surface area (Å²) in [5.74, 6) is 1.67. The number of phenolic OH excluding ortho intramolecular Hbond substituents is 1. The number of halogens is 4. The molecule has 3 N–H and O–H groups in total. The molecule has 8 heteroatoms. The summed E-state index contributed by atoms with van der Waals surface area (Å²) in [6.45, 7) is 0. The van der Waals surface area contributed by atoms with Crippen LogP contribution in [0.25, 0.3) is 0 Å². The van der Waals surface area contributed by atoms with E-state index in [-0.39, 0.29) is 5.75 Å². The van der Waals surface area contributed by atoms with Crippen molar-refractivity contribution >= 4 is 96.6 Å². The molecule has 23 heavy (non-hydrogen) atoms. The molecule has 0 aliphatic heterocycles. The summed E-state index contributed by atoms with van der Waals surface area (Å²) in [5.41, 5.74) is 6.60. The fourth-order valence-corrected chi connectivity index (χ4v) is 5.67. The summed E-state index contributed by atoms with van der Waals surface area (Å²) in [5, 5.41) is 9.83. The van der Waals surface area contributed by atoms with Crippen LogP contribution in [0.4, 0.5) is 0 Å². The lowest BCUT2D eigenvalue weighted by Gasteiger charge is -2.14. The number of hydrogen-bond acceptors (Lipinski definition) is 4. The van der Waals surface area contributed by atoms with Gasteiger partial charge in [-0.2, -0.15) is 0 Å². The van der Waals surface area contributed by atoms with Gasteiger partial charge in [0, 0.05) is 0 Å². The van der Waals surface area contributed by atoms with Crippen molar-refractivity contribution in [3.8, 4) is 17.2 Å². The minimum atomic E-state index is -0.617. The Balaban J connectivity index is 2.32. The number of aromatic hydroxyl groups is 1. The van der Waals surface area contributed by atoms with E-state index in [2.05, 4.69) is 90.4 Å². The molecule has 0 aromatic heterocycles. The largest absolute Gasteiger partial charge is 0.506 e. The number of hydrogen-bond donors (Lipinski definition) is 2. The van der Waals surface area contributed by atoms with E-state index in [0.29, 0.717) is 12.2 Å². The molecule has 121 valence electrons. The van der Waals surface area contributed by atoms with Crippen LogP contribution < -0.4 is 10.5 Å². The maximum absolute atomic E-state index is 10.6. The summed E-state index contributed by atoms with van der Waals surface area (Å²) in [7, 11) is 0. The molecule has 0 aliphatic rings. The van der Waals surface area contributed by atoms with Crippen LogP contribution in [0.3, 0.4) is 0 Å². The van der Waals surface area contributed by atoms with E-state index in [4.69, 9.17) is 10.5 Å². The Morgan fingerprint density at radius 1 is 1.04 bits per heavy atom. The van der Waals surface area contributed by atoms with E-state index in [0.717, 1.165) is 25.6 Å². The molecular formula is C15H10I4NO3. The molecule has 2 aromatic rings. The summed E-state index contributed by atoms with van der Waals surface area (Å²) in [6.07, 6.45) is 2.24. The fourth-order valence-electron chi connectivity index (χ4n) is 1.84. The van der Waals surface area contributed by atoms with Crippen LogP contribution in [0.2, 0.25) is 0 Å². The number of rotatable bonds is 5. The highest BCUT2D eigenvalue weighted by Crippen LogP contribution is 2.36. The van der Waals surface area contributed by atoms with E-state index < -0.39 is 6.04 Å². The monoisotopic (exact) mass is 760 g/mol. The molecule has 0 unspecified atom stereocenters. The van der Waals surface area contributed by atoms with Crippen LogP contribution >= 0.6 is 90.4 Å². The van der Waals surface area contributed by atoms with E-state index in [9.17, 15) is 9.90 Å². The zero-order chi connectivity index (χ0) is 17.1. The van der Waals surface area contributed by atoms with Crippen molar-refractivity contribution in [2.75, 3.05) is 0 Å². The highest BCUT2D eigenvalue weighted by molar-refractivity contribution is 14.1. The second kappa shape index (κ2) is 8.80. The molecule has 1 radical (unpaired) electrons. The van der Waals surface area contributed by atoms with E-state index >= 15 is 0 Å². The van der Waals surface area contributed by atoms with Gasteiger partial charge in [-0.15, -0.1) is 0 Å². The van der Waals surface area contributed by atoms with E-state index in [1.165, 1.54) is 0 Å². The standard InChI is InChI=1S/C15H10I4NO3/c16-10-4-9(5-11(17)14(10)22)23-15-12(18)2-7(3-13(15)19)1-8(20)6-21/h2-5,8,22H,1,20H2/t8-/m0/s1. The minimum Gasteiger partial charge on any atom is -0.506 e. The number of carbonyl (C=O) groups excluding carboxylic acids is 1. The zero-order valence-corrected chi connectivity index (χ0v) is 20.1. The minimum absolute atomic E-state index is 0.261. The fraction of sp³-hybridized carbons (Fsp3) is 0.133. The smallest absolute Gasteiger partial charge is 0.217 e. The van der Waals surface area contributed by atoms with Gasteiger partial charge in [-0.05, 0) is 127 Å². The van der Waals surface area contributed by atoms with Crippen molar-refractivity contribution in [3.63, 3.8) is 0 Å². The lowest BCUT2D eigenvalue weighted by Crippen LogP contribution is -2.24.